The lowest BCUT2D eigenvalue weighted by atomic mass is 10.3. The second-order valence-electron chi connectivity index (χ2n) is 2.93. The molecule has 0 saturated heterocycles. The van der Waals surface area contributed by atoms with E-state index in [0.29, 0.717) is 0 Å². The zero-order chi connectivity index (χ0) is 11.8. The third kappa shape index (κ3) is 2.71. The third-order valence-electron chi connectivity index (χ3n) is 1.76. The van der Waals surface area contributed by atoms with Gasteiger partial charge in [0.1, 0.15) is 10.8 Å². The van der Waals surface area contributed by atoms with E-state index < -0.39 is 27.3 Å². The van der Waals surface area contributed by atoms with Crippen LogP contribution in [0.15, 0.2) is 10.9 Å². The Balaban J connectivity index is 3.40. The van der Waals surface area contributed by atoms with Gasteiger partial charge in [-0.1, -0.05) is 11.6 Å². The van der Waals surface area contributed by atoms with E-state index in [4.69, 9.17) is 16.2 Å². The monoisotopic (exact) mass is 253 g/mol. The number of rotatable bonds is 2. The lowest BCUT2D eigenvalue weighted by Crippen LogP contribution is -2.19. The molecule has 0 atom stereocenters. The van der Waals surface area contributed by atoms with Gasteiger partial charge in [0.15, 0.2) is 5.88 Å². The Bertz CT molecular complexity index is 547. The first-order valence-corrected chi connectivity index (χ1v) is 5.73. The van der Waals surface area contributed by atoms with Crippen LogP contribution in [0.5, 0.6) is 5.88 Å². The molecule has 0 aliphatic carbocycles. The predicted molar refractivity (Wildman–Crippen MR) is 53.6 cm³/mol. The second-order valence-corrected chi connectivity index (χ2v) is 4.76. The Labute approximate surface area is 90.5 Å². The van der Waals surface area contributed by atoms with Gasteiger partial charge in [0.2, 0.25) is 0 Å². The molecule has 1 rings (SSSR count). The normalized spacial score (nSPS) is 11.7. The molecule has 1 aromatic rings. The predicted octanol–water partition coefficient (Wildman–Crippen LogP) is 0.132. The SMILES string of the molecule is Cn1c(O)cc(CS(=O)(=O)O)c(Cl)c1=O. The Hall–Kier alpha value is -1.05. The van der Waals surface area contributed by atoms with Crippen molar-refractivity contribution in [1.82, 2.24) is 4.57 Å². The van der Waals surface area contributed by atoms with Gasteiger partial charge in [0.05, 0.1) is 0 Å². The van der Waals surface area contributed by atoms with E-state index >= 15 is 0 Å². The minimum absolute atomic E-state index is 0.139. The molecule has 0 spiro atoms. The zero-order valence-corrected chi connectivity index (χ0v) is 9.21. The van der Waals surface area contributed by atoms with Crippen LogP contribution >= 0.6 is 11.6 Å². The smallest absolute Gasteiger partial charge is 0.272 e. The first-order valence-electron chi connectivity index (χ1n) is 3.75. The van der Waals surface area contributed by atoms with E-state index in [1.54, 1.807) is 0 Å². The first kappa shape index (κ1) is 12.0. The van der Waals surface area contributed by atoms with Gasteiger partial charge in [-0.2, -0.15) is 8.42 Å². The third-order valence-corrected chi connectivity index (χ3v) is 2.84. The molecule has 1 heterocycles. The Kier molecular flexibility index (Phi) is 3.08. The van der Waals surface area contributed by atoms with Crippen LogP contribution in [0, 0.1) is 0 Å². The fraction of sp³-hybridized carbons (Fsp3) is 0.286. The highest BCUT2D eigenvalue weighted by Crippen LogP contribution is 2.18. The molecule has 2 N–H and O–H groups in total. The Morgan fingerprint density at radius 2 is 2.07 bits per heavy atom. The minimum Gasteiger partial charge on any atom is -0.494 e. The Morgan fingerprint density at radius 3 is 2.53 bits per heavy atom. The van der Waals surface area contributed by atoms with Crippen LogP contribution in [0.2, 0.25) is 5.02 Å². The average molecular weight is 254 g/mol. The molecule has 0 unspecified atom stereocenters. The zero-order valence-electron chi connectivity index (χ0n) is 7.64. The van der Waals surface area contributed by atoms with Crippen LogP contribution in [0.3, 0.4) is 0 Å². The summed E-state index contributed by atoms with van der Waals surface area (Å²) in [7, 11) is -3.01. The summed E-state index contributed by atoms with van der Waals surface area (Å²) in [5.74, 6) is -1.24. The highest BCUT2D eigenvalue weighted by atomic mass is 35.5. The lowest BCUT2D eigenvalue weighted by Gasteiger charge is -2.06. The van der Waals surface area contributed by atoms with Crippen molar-refractivity contribution in [3.05, 3.63) is 27.0 Å². The van der Waals surface area contributed by atoms with Crippen LogP contribution in [0.1, 0.15) is 5.56 Å². The molecule has 0 amide bonds. The van der Waals surface area contributed by atoms with Crippen LogP contribution in [0.4, 0.5) is 0 Å². The second kappa shape index (κ2) is 3.84. The average Bonchev–Trinajstić information content (AvgIpc) is 2.08. The maximum atomic E-state index is 11.3. The summed E-state index contributed by atoms with van der Waals surface area (Å²) >= 11 is 5.56. The van der Waals surface area contributed by atoms with Gasteiger partial charge in [-0.05, 0) is 5.56 Å². The van der Waals surface area contributed by atoms with Crippen molar-refractivity contribution in [2.24, 2.45) is 7.05 Å². The number of pyridine rings is 1. The molecule has 0 aromatic carbocycles. The van der Waals surface area contributed by atoms with E-state index in [1.165, 1.54) is 7.05 Å². The number of halogens is 1. The van der Waals surface area contributed by atoms with Gasteiger partial charge in [-0.25, -0.2) is 0 Å². The van der Waals surface area contributed by atoms with Crippen molar-refractivity contribution < 1.29 is 18.1 Å². The summed E-state index contributed by atoms with van der Waals surface area (Å²) in [4.78, 5) is 11.3. The van der Waals surface area contributed by atoms with Gasteiger partial charge in [-0.15, -0.1) is 0 Å². The molecular weight excluding hydrogens is 246 g/mol. The van der Waals surface area contributed by atoms with E-state index in [2.05, 4.69) is 0 Å². The lowest BCUT2D eigenvalue weighted by molar-refractivity contribution is 0.422. The highest BCUT2D eigenvalue weighted by Gasteiger charge is 2.15. The van der Waals surface area contributed by atoms with Crippen molar-refractivity contribution in [1.29, 1.82) is 0 Å². The molecule has 0 aliphatic heterocycles. The number of aromatic hydroxyl groups is 1. The summed E-state index contributed by atoms with van der Waals surface area (Å²) in [6.07, 6.45) is 0. The molecule has 0 fully saturated rings. The molecular formula is C7H8ClNO5S. The van der Waals surface area contributed by atoms with Gasteiger partial charge in [-0.3, -0.25) is 13.9 Å². The van der Waals surface area contributed by atoms with Crippen molar-refractivity contribution in [3.63, 3.8) is 0 Å². The fourth-order valence-corrected chi connectivity index (χ4v) is 1.95. The van der Waals surface area contributed by atoms with E-state index in [-0.39, 0.29) is 10.6 Å². The molecule has 0 aliphatic rings. The number of hydrogen-bond acceptors (Lipinski definition) is 4. The van der Waals surface area contributed by atoms with Gasteiger partial charge < -0.3 is 5.11 Å². The highest BCUT2D eigenvalue weighted by molar-refractivity contribution is 7.85. The molecule has 0 radical (unpaired) electrons. The molecule has 1 aromatic heterocycles. The van der Waals surface area contributed by atoms with Crippen LogP contribution < -0.4 is 5.56 Å². The maximum Gasteiger partial charge on any atom is 0.272 e. The number of nitrogens with zero attached hydrogens (tertiary/aromatic N) is 1. The number of hydrogen-bond donors (Lipinski definition) is 2. The molecule has 0 bridgehead atoms. The summed E-state index contributed by atoms with van der Waals surface area (Å²) in [6, 6.07) is 1.01. The molecule has 8 heteroatoms. The molecule has 0 saturated carbocycles. The van der Waals surface area contributed by atoms with E-state index in [0.717, 1.165) is 10.6 Å². The largest absolute Gasteiger partial charge is 0.494 e. The van der Waals surface area contributed by atoms with Crippen LogP contribution in [0.25, 0.3) is 0 Å². The minimum atomic E-state index is -4.29. The maximum absolute atomic E-state index is 11.3. The van der Waals surface area contributed by atoms with E-state index in [1.807, 2.05) is 0 Å². The van der Waals surface area contributed by atoms with Crippen molar-refractivity contribution in [2.45, 2.75) is 5.75 Å². The molecule has 15 heavy (non-hydrogen) atoms. The standard InChI is InChI=1S/C7H8ClNO5S/c1-9-5(10)2-4(3-15(12,13)14)6(8)7(9)11/h2,10H,3H2,1H3,(H,12,13,14). The molecule has 6 nitrogen and oxygen atoms in total. The summed E-state index contributed by atoms with van der Waals surface area (Å²) in [5.41, 5.74) is -0.866. The van der Waals surface area contributed by atoms with Gasteiger partial charge >= 0.3 is 0 Å². The summed E-state index contributed by atoms with van der Waals surface area (Å²) in [6.45, 7) is 0. The van der Waals surface area contributed by atoms with Gasteiger partial charge in [0.25, 0.3) is 15.7 Å². The van der Waals surface area contributed by atoms with Crippen LogP contribution in [-0.2, 0) is 22.9 Å². The fourth-order valence-electron chi connectivity index (χ4n) is 1.01. The topological polar surface area (TPSA) is 96.6 Å². The number of aromatic nitrogens is 1. The van der Waals surface area contributed by atoms with Crippen LogP contribution in [-0.4, -0.2) is 22.6 Å². The summed E-state index contributed by atoms with van der Waals surface area (Å²) < 4.78 is 30.6. The molecule has 84 valence electrons. The Morgan fingerprint density at radius 1 is 1.53 bits per heavy atom. The van der Waals surface area contributed by atoms with Crippen molar-refractivity contribution in [2.75, 3.05) is 0 Å². The van der Waals surface area contributed by atoms with Crippen molar-refractivity contribution >= 4 is 21.7 Å². The first-order chi connectivity index (χ1) is 6.72. The summed E-state index contributed by atoms with van der Waals surface area (Å²) in [5, 5.41) is 8.89. The van der Waals surface area contributed by atoms with Gasteiger partial charge in [0, 0.05) is 13.1 Å². The van der Waals surface area contributed by atoms with Crippen molar-refractivity contribution in [3.8, 4) is 5.88 Å². The quantitative estimate of drug-likeness (QED) is 0.731. The van der Waals surface area contributed by atoms with E-state index in [9.17, 15) is 18.3 Å².